The van der Waals surface area contributed by atoms with Gasteiger partial charge in [0.05, 0.1) is 11.2 Å². The number of fused-ring (bicyclic) bond motifs is 1. The summed E-state index contributed by atoms with van der Waals surface area (Å²) in [7, 11) is 0. The van der Waals surface area contributed by atoms with Crippen LogP contribution in [0.15, 0.2) is 58.6 Å². The summed E-state index contributed by atoms with van der Waals surface area (Å²) in [6.45, 7) is 10.9. The first kappa shape index (κ1) is 23.4. The van der Waals surface area contributed by atoms with Crippen molar-refractivity contribution >= 4 is 68.1 Å². The number of allylic oxidation sites excluding steroid dienone is 1. The van der Waals surface area contributed by atoms with E-state index in [2.05, 4.69) is 72.9 Å². The van der Waals surface area contributed by atoms with Crippen LogP contribution in [-0.2, 0) is 9.59 Å². The molecule has 2 aliphatic heterocycles. The average Bonchev–Trinajstić information content (AvgIpc) is 2.70. The fourth-order valence-electron chi connectivity index (χ4n) is 4.77. The van der Waals surface area contributed by atoms with Crippen molar-refractivity contribution in [2.24, 2.45) is 0 Å². The summed E-state index contributed by atoms with van der Waals surface area (Å²) in [4.78, 5) is 29.8. The number of anilines is 2. The van der Waals surface area contributed by atoms with E-state index in [0.29, 0.717) is 11.7 Å². The van der Waals surface area contributed by atoms with Crippen LogP contribution >= 0.6 is 28.1 Å². The van der Waals surface area contributed by atoms with E-state index in [-0.39, 0.29) is 16.2 Å². The zero-order valence-corrected chi connectivity index (χ0v) is 21.7. The molecule has 5 nitrogen and oxygen atoms in total. The molecule has 0 spiro atoms. The van der Waals surface area contributed by atoms with Gasteiger partial charge in [-0.25, -0.2) is 0 Å². The number of nitrogens with zero attached hydrogens (tertiary/aromatic N) is 2. The molecule has 0 atom stereocenters. The van der Waals surface area contributed by atoms with E-state index in [0.717, 1.165) is 21.3 Å². The van der Waals surface area contributed by atoms with Crippen molar-refractivity contribution in [2.75, 3.05) is 9.80 Å². The lowest BCUT2D eigenvalue weighted by Gasteiger charge is -2.46. The van der Waals surface area contributed by atoms with Gasteiger partial charge < -0.3 is 4.90 Å². The van der Waals surface area contributed by atoms with Gasteiger partial charge in [0, 0.05) is 21.8 Å². The Balaban J connectivity index is 1.76. The number of carbonyl (C=O) groups excluding carboxylic acids is 2. The van der Waals surface area contributed by atoms with E-state index in [1.807, 2.05) is 24.3 Å². The first-order valence-electron chi connectivity index (χ1n) is 10.8. The highest BCUT2D eigenvalue weighted by Crippen LogP contribution is 2.40. The Morgan fingerprint density at radius 2 is 1.85 bits per heavy atom. The SMILES string of the molecule is CC1=CC(C)(C)N(C(C)C)c2ccc(/C=C3\C(=O)NC(=S)N(c4cccc(Br)c4)C3=O)cc21. The molecule has 0 aromatic heterocycles. The number of nitrogens with one attached hydrogen (secondary N) is 1. The van der Waals surface area contributed by atoms with Gasteiger partial charge in [0.25, 0.3) is 11.8 Å². The van der Waals surface area contributed by atoms with Gasteiger partial charge >= 0.3 is 0 Å². The van der Waals surface area contributed by atoms with Gasteiger partial charge in [0.15, 0.2) is 5.11 Å². The zero-order chi connectivity index (χ0) is 24.1. The third kappa shape index (κ3) is 4.27. The van der Waals surface area contributed by atoms with Crippen molar-refractivity contribution in [3.63, 3.8) is 0 Å². The molecule has 7 heteroatoms. The molecular weight excluding hydrogens is 498 g/mol. The predicted octanol–water partition coefficient (Wildman–Crippen LogP) is 5.69. The molecule has 4 rings (SSSR count). The molecule has 0 bridgehead atoms. The number of thiocarbonyl (C=S) groups is 1. The maximum atomic E-state index is 13.3. The normalized spacial score (nSPS) is 19.1. The molecule has 2 amide bonds. The van der Waals surface area contributed by atoms with Crippen LogP contribution in [0.1, 0.15) is 45.7 Å². The number of hydrogen-bond donors (Lipinski definition) is 1. The molecule has 0 radical (unpaired) electrons. The highest BCUT2D eigenvalue weighted by Gasteiger charge is 2.35. The first-order chi connectivity index (χ1) is 15.5. The van der Waals surface area contributed by atoms with E-state index in [4.69, 9.17) is 12.2 Å². The molecule has 2 aromatic carbocycles. The van der Waals surface area contributed by atoms with Crippen LogP contribution in [0.3, 0.4) is 0 Å². The van der Waals surface area contributed by atoms with Crippen LogP contribution in [0.4, 0.5) is 11.4 Å². The predicted molar refractivity (Wildman–Crippen MR) is 142 cm³/mol. The second-order valence-corrected chi connectivity index (χ2v) is 10.5. The molecule has 1 saturated heterocycles. The Morgan fingerprint density at radius 1 is 1.12 bits per heavy atom. The van der Waals surface area contributed by atoms with Crippen LogP contribution in [-0.4, -0.2) is 28.5 Å². The van der Waals surface area contributed by atoms with Crippen LogP contribution < -0.4 is 15.1 Å². The molecule has 2 aliphatic rings. The summed E-state index contributed by atoms with van der Waals surface area (Å²) in [5.74, 6) is -0.942. The Hall–Kier alpha value is -2.77. The fraction of sp³-hybridized carbons (Fsp3) is 0.269. The number of amides is 2. The zero-order valence-electron chi connectivity index (χ0n) is 19.3. The minimum absolute atomic E-state index is 0.0435. The maximum Gasteiger partial charge on any atom is 0.270 e. The number of benzene rings is 2. The molecule has 0 aliphatic carbocycles. The standard InChI is InChI=1S/C26H26BrN3O2S/c1-15(2)30-22-10-9-17(11-20(22)16(3)14-26(30,4)5)12-21-23(31)28-25(33)29(24(21)32)19-8-6-7-18(27)13-19/h6-15H,1-5H3,(H,28,31,33)/b21-12+. The van der Waals surface area contributed by atoms with Gasteiger partial charge in [0.2, 0.25) is 0 Å². The van der Waals surface area contributed by atoms with Crippen molar-refractivity contribution < 1.29 is 9.59 Å². The monoisotopic (exact) mass is 523 g/mol. The van der Waals surface area contributed by atoms with Crippen molar-refractivity contribution in [3.8, 4) is 0 Å². The van der Waals surface area contributed by atoms with Crippen molar-refractivity contribution in [1.82, 2.24) is 5.32 Å². The number of hydrogen-bond acceptors (Lipinski definition) is 4. The third-order valence-corrected chi connectivity index (χ3v) is 6.67. The van der Waals surface area contributed by atoms with E-state index in [1.165, 1.54) is 10.5 Å². The Kier molecular flexibility index (Phi) is 6.05. The lowest BCUT2D eigenvalue weighted by Crippen LogP contribution is -2.54. The van der Waals surface area contributed by atoms with Gasteiger partial charge in [0.1, 0.15) is 5.57 Å². The fourth-order valence-corrected chi connectivity index (χ4v) is 5.44. The average molecular weight is 524 g/mol. The Morgan fingerprint density at radius 3 is 2.52 bits per heavy atom. The van der Waals surface area contributed by atoms with Crippen LogP contribution in [0.5, 0.6) is 0 Å². The van der Waals surface area contributed by atoms with E-state index in [1.54, 1.807) is 18.2 Å². The molecule has 170 valence electrons. The number of rotatable bonds is 3. The van der Waals surface area contributed by atoms with Crippen molar-refractivity contribution in [1.29, 1.82) is 0 Å². The second kappa shape index (κ2) is 8.54. The summed E-state index contributed by atoms with van der Waals surface area (Å²) in [5, 5.41) is 2.72. The van der Waals surface area contributed by atoms with E-state index in [9.17, 15) is 9.59 Å². The molecule has 0 saturated carbocycles. The van der Waals surface area contributed by atoms with Gasteiger partial charge in [-0.3, -0.25) is 19.8 Å². The highest BCUT2D eigenvalue weighted by molar-refractivity contribution is 9.10. The van der Waals surface area contributed by atoms with Crippen LogP contribution in [0.2, 0.25) is 0 Å². The van der Waals surface area contributed by atoms with Gasteiger partial charge in [-0.15, -0.1) is 0 Å². The third-order valence-electron chi connectivity index (χ3n) is 5.89. The van der Waals surface area contributed by atoms with Gasteiger partial charge in [-0.05, 0) is 94.4 Å². The summed E-state index contributed by atoms with van der Waals surface area (Å²) < 4.78 is 0.813. The van der Waals surface area contributed by atoms with E-state index >= 15 is 0 Å². The highest BCUT2D eigenvalue weighted by atomic mass is 79.9. The molecule has 2 aromatic rings. The molecule has 2 heterocycles. The summed E-state index contributed by atoms with van der Waals surface area (Å²) >= 11 is 8.72. The minimum Gasteiger partial charge on any atom is -0.360 e. The quantitative estimate of drug-likeness (QED) is 0.319. The summed E-state index contributed by atoms with van der Waals surface area (Å²) in [6.07, 6.45) is 3.90. The van der Waals surface area contributed by atoms with E-state index < -0.39 is 11.8 Å². The number of halogens is 1. The lowest BCUT2D eigenvalue weighted by atomic mass is 9.86. The number of carbonyl (C=O) groups is 2. The smallest absolute Gasteiger partial charge is 0.270 e. The Labute approximate surface area is 208 Å². The summed E-state index contributed by atoms with van der Waals surface area (Å²) in [5.41, 5.74) is 4.72. The maximum absolute atomic E-state index is 13.3. The molecule has 1 fully saturated rings. The molecule has 0 unspecified atom stereocenters. The molecule has 33 heavy (non-hydrogen) atoms. The Bertz CT molecular complexity index is 1250. The largest absolute Gasteiger partial charge is 0.360 e. The van der Waals surface area contributed by atoms with Crippen molar-refractivity contribution in [3.05, 3.63) is 69.7 Å². The topological polar surface area (TPSA) is 52.7 Å². The molecular formula is C26H26BrN3O2S. The second-order valence-electron chi connectivity index (χ2n) is 9.16. The molecule has 1 N–H and O–H groups in total. The van der Waals surface area contributed by atoms with Gasteiger partial charge in [-0.1, -0.05) is 34.1 Å². The van der Waals surface area contributed by atoms with Crippen LogP contribution in [0, 0.1) is 0 Å². The van der Waals surface area contributed by atoms with Crippen LogP contribution in [0.25, 0.3) is 11.6 Å². The summed E-state index contributed by atoms with van der Waals surface area (Å²) in [6, 6.07) is 13.6. The minimum atomic E-state index is -0.494. The lowest BCUT2D eigenvalue weighted by molar-refractivity contribution is -0.122. The first-order valence-corrected chi connectivity index (χ1v) is 12.0. The van der Waals surface area contributed by atoms with Crippen molar-refractivity contribution in [2.45, 2.75) is 46.2 Å². The van der Waals surface area contributed by atoms with Gasteiger partial charge in [-0.2, -0.15) is 0 Å².